The summed E-state index contributed by atoms with van der Waals surface area (Å²) in [6, 6.07) is 8.96. The van der Waals surface area contributed by atoms with Gasteiger partial charge in [-0.3, -0.25) is 0 Å². The van der Waals surface area contributed by atoms with Crippen LogP contribution in [-0.4, -0.2) is 22.5 Å². The molecule has 0 radical (unpaired) electrons. The van der Waals surface area contributed by atoms with Crippen LogP contribution in [0.1, 0.15) is 32.4 Å². The molecule has 0 bridgehead atoms. The van der Waals surface area contributed by atoms with Crippen molar-refractivity contribution in [3.63, 3.8) is 0 Å². The summed E-state index contributed by atoms with van der Waals surface area (Å²) in [5.74, 6) is -2.48. The first-order valence-corrected chi connectivity index (χ1v) is 6.43. The zero-order chi connectivity index (χ0) is 14.5. The highest BCUT2D eigenvalue weighted by Crippen LogP contribution is 2.49. The molecule has 0 aliphatic carbocycles. The first-order chi connectivity index (χ1) is 9.36. The summed E-state index contributed by atoms with van der Waals surface area (Å²) in [5.41, 5.74) is 0.596. The molecule has 20 heavy (non-hydrogen) atoms. The number of carbonyl (C=O) groups excluding carboxylic acids is 1. The molecule has 106 valence electrons. The minimum Gasteiger partial charge on any atom is -0.448 e. The molecule has 1 saturated heterocycles. The standard InChI is InChI=1S/C15H16O5/c1-9-11-13(16)18-12(10-7-5-4-6-8-10)15(11,17)20-19-14(9,2)3/h4-8,12,17H,1-3H3. The van der Waals surface area contributed by atoms with Crippen LogP contribution >= 0.6 is 0 Å². The zero-order valence-electron chi connectivity index (χ0n) is 11.5. The van der Waals surface area contributed by atoms with Crippen LogP contribution < -0.4 is 0 Å². The summed E-state index contributed by atoms with van der Waals surface area (Å²) in [5, 5.41) is 10.7. The maximum absolute atomic E-state index is 12.1. The van der Waals surface area contributed by atoms with Gasteiger partial charge in [0.05, 0.1) is 0 Å². The molecule has 1 N–H and O–H groups in total. The Bertz CT molecular complexity index is 590. The average Bonchev–Trinajstić information content (AvgIpc) is 2.69. The van der Waals surface area contributed by atoms with Gasteiger partial charge in [-0.05, 0) is 31.9 Å². The van der Waals surface area contributed by atoms with Crippen molar-refractivity contribution in [3.8, 4) is 0 Å². The third-order valence-corrected chi connectivity index (χ3v) is 3.90. The summed E-state index contributed by atoms with van der Waals surface area (Å²) >= 11 is 0. The Balaban J connectivity index is 2.13. The van der Waals surface area contributed by atoms with E-state index in [1.54, 1.807) is 45.0 Å². The van der Waals surface area contributed by atoms with Crippen LogP contribution in [0.2, 0.25) is 0 Å². The van der Waals surface area contributed by atoms with Gasteiger partial charge >= 0.3 is 5.97 Å². The van der Waals surface area contributed by atoms with Gasteiger partial charge in [-0.15, -0.1) is 0 Å². The van der Waals surface area contributed by atoms with Crippen molar-refractivity contribution in [2.24, 2.45) is 0 Å². The van der Waals surface area contributed by atoms with Crippen LogP contribution in [0.25, 0.3) is 0 Å². The van der Waals surface area contributed by atoms with Crippen LogP contribution in [0.5, 0.6) is 0 Å². The number of rotatable bonds is 1. The lowest BCUT2D eigenvalue weighted by Crippen LogP contribution is -2.47. The first-order valence-electron chi connectivity index (χ1n) is 6.43. The van der Waals surface area contributed by atoms with Gasteiger partial charge in [-0.1, -0.05) is 30.3 Å². The second-order valence-corrected chi connectivity index (χ2v) is 5.57. The number of benzene rings is 1. The fraction of sp³-hybridized carbons (Fsp3) is 0.400. The van der Waals surface area contributed by atoms with Gasteiger partial charge in [-0.2, -0.15) is 4.89 Å². The maximum atomic E-state index is 12.1. The number of hydrogen-bond donors (Lipinski definition) is 1. The summed E-state index contributed by atoms with van der Waals surface area (Å²) in [7, 11) is 0. The van der Waals surface area contributed by atoms with Crippen molar-refractivity contribution in [3.05, 3.63) is 47.0 Å². The van der Waals surface area contributed by atoms with E-state index in [0.29, 0.717) is 11.1 Å². The van der Waals surface area contributed by atoms with E-state index in [-0.39, 0.29) is 5.57 Å². The van der Waals surface area contributed by atoms with E-state index in [0.717, 1.165) is 0 Å². The highest BCUT2D eigenvalue weighted by Gasteiger charge is 2.60. The van der Waals surface area contributed by atoms with E-state index >= 15 is 0 Å². The topological polar surface area (TPSA) is 65.0 Å². The molecule has 1 aromatic carbocycles. The minimum atomic E-state index is -1.90. The van der Waals surface area contributed by atoms with Gasteiger partial charge in [0.1, 0.15) is 11.2 Å². The van der Waals surface area contributed by atoms with E-state index in [4.69, 9.17) is 14.5 Å². The van der Waals surface area contributed by atoms with Gasteiger partial charge in [0, 0.05) is 0 Å². The lowest BCUT2D eigenvalue weighted by Gasteiger charge is -2.38. The van der Waals surface area contributed by atoms with Crippen molar-refractivity contribution in [1.29, 1.82) is 0 Å². The molecule has 2 atom stereocenters. The monoisotopic (exact) mass is 276 g/mol. The third kappa shape index (κ3) is 1.71. The smallest absolute Gasteiger partial charge is 0.340 e. The quantitative estimate of drug-likeness (QED) is 0.628. The van der Waals surface area contributed by atoms with Crippen LogP contribution in [0.3, 0.4) is 0 Å². The van der Waals surface area contributed by atoms with Gasteiger partial charge in [0.2, 0.25) is 0 Å². The van der Waals surface area contributed by atoms with Crippen LogP contribution in [0.4, 0.5) is 0 Å². The Kier molecular flexibility index (Phi) is 2.76. The van der Waals surface area contributed by atoms with Crippen molar-refractivity contribution < 1.29 is 24.4 Å². The van der Waals surface area contributed by atoms with E-state index in [1.165, 1.54) is 0 Å². The van der Waals surface area contributed by atoms with E-state index in [2.05, 4.69) is 0 Å². The number of aliphatic hydroxyl groups is 1. The van der Waals surface area contributed by atoms with Crippen molar-refractivity contribution in [2.45, 2.75) is 38.3 Å². The molecule has 2 unspecified atom stereocenters. The molecule has 1 aromatic rings. The van der Waals surface area contributed by atoms with Crippen LogP contribution in [0, 0.1) is 0 Å². The molecule has 5 nitrogen and oxygen atoms in total. The third-order valence-electron chi connectivity index (χ3n) is 3.90. The van der Waals surface area contributed by atoms with E-state index in [1.807, 2.05) is 6.07 Å². The zero-order valence-corrected chi connectivity index (χ0v) is 11.5. The van der Waals surface area contributed by atoms with Gasteiger partial charge in [0.15, 0.2) is 6.10 Å². The molecule has 2 aliphatic rings. The summed E-state index contributed by atoms with van der Waals surface area (Å²) in [6.45, 7) is 5.26. The van der Waals surface area contributed by atoms with Crippen molar-refractivity contribution in [1.82, 2.24) is 0 Å². The van der Waals surface area contributed by atoms with E-state index in [9.17, 15) is 9.90 Å². The minimum absolute atomic E-state index is 0.127. The van der Waals surface area contributed by atoms with Gasteiger partial charge < -0.3 is 9.84 Å². The Labute approximate surface area is 116 Å². The second kappa shape index (κ2) is 4.15. The molecule has 0 saturated carbocycles. The number of ether oxygens (including phenoxy) is 1. The molecule has 2 heterocycles. The predicted molar refractivity (Wildman–Crippen MR) is 69.2 cm³/mol. The Hall–Kier alpha value is -1.69. The van der Waals surface area contributed by atoms with Crippen molar-refractivity contribution >= 4 is 5.97 Å². The van der Waals surface area contributed by atoms with Crippen molar-refractivity contribution in [2.75, 3.05) is 0 Å². The molecule has 0 aromatic heterocycles. The second-order valence-electron chi connectivity index (χ2n) is 5.57. The Morgan fingerprint density at radius 3 is 2.45 bits per heavy atom. The molecule has 3 rings (SSSR count). The number of carbonyl (C=O) groups is 1. The number of cyclic esters (lactones) is 1. The SMILES string of the molecule is CC1=C2C(=O)OC(c3ccccc3)C2(O)OOC1(C)C. The molecule has 0 amide bonds. The average molecular weight is 276 g/mol. The number of fused-ring (bicyclic) bond motifs is 1. The molecule has 2 aliphatic heterocycles. The Morgan fingerprint density at radius 1 is 1.15 bits per heavy atom. The van der Waals surface area contributed by atoms with Gasteiger partial charge in [0.25, 0.3) is 5.79 Å². The predicted octanol–water partition coefficient (Wildman–Crippen LogP) is 2.03. The maximum Gasteiger partial charge on any atom is 0.340 e. The molecule has 5 heteroatoms. The molecule has 0 spiro atoms. The van der Waals surface area contributed by atoms with Gasteiger partial charge in [-0.25, -0.2) is 9.68 Å². The first kappa shape index (κ1) is 13.3. The molecule has 1 fully saturated rings. The lowest BCUT2D eigenvalue weighted by atomic mass is 9.87. The fourth-order valence-corrected chi connectivity index (χ4v) is 2.48. The normalized spacial score (nSPS) is 32.0. The largest absolute Gasteiger partial charge is 0.448 e. The number of hydrogen-bond acceptors (Lipinski definition) is 5. The highest BCUT2D eigenvalue weighted by atomic mass is 17.2. The summed E-state index contributed by atoms with van der Waals surface area (Å²) in [4.78, 5) is 22.5. The lowest BCUT2D eigenvalue weighted by molar-refractivity contribution is -0.455. The Morgan fingerprint density at radius 2 is 1.80 bits per heavy atom. The highest BCUT2D eigenvalue weighted by molar-refractivity contribution is 5.94. The summed E-state index contributed by atoms with van der Waals surface area (Å²) < 4.78 is 5.31. The summed E-state index contributed by atoms with van der Waals surface area (Å²) in [6.07, 6.45) is -0.933. The van der Waals surface area contributed by atoms with Crippen LogP contribution in [0.15, 0.2) is 41.5 Å². The molecular formula is C15H16O5. The number of esters is 1. The fourth-order valence-electron chi connectivity index (χ4n) is 2.48. The molecular weight excluding hydrogens is 260 g/mol. The van der Waals surface area contributed by atoms with Crippen LogP contribution in [-0.2, 0) is 19.3 Å². The van der Waals surface area contributed by atoms with E-state index < -0.39 is 23.5 Å².